The average molecular weight is 320 g/mol. The highest BCUT2D eigenvalue weighted by atomic mass is 32.1. The molecule has 0 fully saturated rings. The molecule has 5 heteroatoms. The lowest BCUT2D eigenvalue weighted by Crippen LogP contribution is -2.34. The van der Waals surface area contributed by atoms with E-state index in [-0.39, 0.29) is 11.9 Å². The van der Waals surface area contributed by atoms with Crippen LogP contribution < -0.4 is 5.32 Å². The molecule has 0 spiro atoms. The third-order valence-electron chi connectivity index (χ3n) is 3.98. The summed E-state index contributed by atoms with van der Waals surface area (Å²) in [6.07, 6.45) is 3.51. The highest BCUT2D eigenvalue weighted by molar-refractivity contribution is 7.14. The third-order valence-corrected chi connectivity index (χ3v) is 5.91. The van der Waals surface area contributed by atoms with Crippen molar-refractivity contribution >= 4 is 28.6 Å². The van der Waals surface area contributed by atoms with Gasteiger partial charge in [-0.05, 0) is 67.4 Å². The maximum absolute atomic E-state index is 12.3. The van der Waals surface area contributed by atoms with E-state index in [1.165, 1.54) is 22.4 Å². The molecule has 0 saturated heterocycles. The monoisotopic (exact) mass is 320 g/mol. The first-order valence-electron chi connectivity index (χ1n) is 7.23. The summed E-state index contributed by atoms with van der Waals surface area (Å²) >= 11 is 3.36. The van der Waals surface area contributed by atoms with Gasteiger partial charge in [0.25, 0.3) is 5.91 Å². The van der Waals surface area contributed by atoms with Crippen LogP contribution in [0.2, 0.25) is 0 Å². The van der Waals surface area contributed by atoms with Crippen molar-refractivity contribution in [3.05, 3.63) is 43.8 Å². The van der Waals surface area contributed by atoms with Crippen LogP contribution in [0.25, 0.3) is 0 Å². The highest BCUT2D eigenvalue weighted by Crippen LogP contribution is 2.30. The summed E-state index contributed by atoms with van der Waals surface area (Å²) in [6.45, 7) is 0.644. The number of aryl methyl sites for hydroxylation is 2. The molecule has 3 nitrogen and oxygen atoms in total. The van der Waals surface area contributed by atoms with Gasteiger partial charge in [-0.3, -0.25) is 4.79 Å². The Morgan fingerprint density at radius 2 is 2.29 bits per heavy atom. The minimum absolute atomic E-state index is 0.0662. The van der Waals surface area contributed by atoms with Gasteiger partial charge in [-0.1, -0.05) is 0 Å². The number of hydrogen-bond acceptors (Lipinski definition) is 4. The lowest BCUT2D eigenvalue weighted by molar-refractivity contribution is 0.0946. The second-order valence-corrected chi connectivity index (χ2v) is 7.58. The van der Waals surface area contributed by atoms with Crippen molar-refractivity contribution in [2.75, 3.05) is 20.6 Å². The molecule has 112 valence electrons. The summed E-state index contributed by atoms with van der Waals surface area (Å²) in [7, 11) is 4.10. The van der Waals surface area contributed by atoms with Gasteiger partial charge < -0.3 is 10.2 Å². The first kappa shape index (κ1) is 14.8. The second kappa shape index (κ2) is 6.30. The van der Waals surface area contributed by atoms with E-state index >= 15 is 0 Å². The Morgan fingerprint density at radius 3 is 2.95 bits per heavy atom. The molecule has 0 aliphatic heterocycles. The van der Waals surface area contributed by atoms with Crippen molar-refractivity contribution in [2.45, 2.75) is 25.3 Å². The molecule has 2 aromatic heterocycles. The molecule has 1 atom stereocenters. The Hall–Kier alpha value is -1.17. The normalized spacial score (nSPS) is 15.2. The zero-order valence-corrected chi connectivity index (χ0v) is 14.0. The first-order valence-corrected chi connectivity index (χ1v) is 8.99. The Bertz CT molecular complexity index is 595. The molecule has 0 aromatic carbocycles. The largest absolute Gasteiger partial charge is 0.349 e. The Kier molecular flexibility index (Phi) is 4.42. The van der Waals surface area contributed by atoms with Gasteiger partial charge in [0.05, 0.1) is 10.9 Å². The van der Waals surface area contributed by atoms with Crippen LogP contribution in [0.4, 0.5) is 0 Å². The summed E-state index contributed by atoms with van der Waals surface area (Å²) in [6, 6.07) is 4.44. The van der Waals surface area contributed by atoms with Gasteiger partial charge >= 0.3 is 0 Å². The molecular weight excluding hydrogens is 300 g/mol. The number of amides is 1. The van der Waals surface area contributed by atoms with E-state index in [1.54, 1.807) is 22.7 Å². The smallest absolute Gasteiger partial charge is 0.261 e. The van der Waals surface area contributed by atoms with Crippen LogP contribution in [0.5, 0.6) is 0 Å². The minimum Gasteiger partial charge on any atom is -0.349 e. The Morgan fingerprint density at radius 1 is 1.43 bits per heavy atom. The fourth-order valence-corrected chi connectivity index (χ4v) is 4.66. The van der Waals surface area contributed by atoms with Crippen molar-refractivity contribution in [3.8, 4) is 0 Å². The van der Waals surface area contributed by atoms with E-state index in [2.05, 4.69) is 33.1 Å². The molecule has 2 aromatic rings. The topological polar surface area (TPSA) is 32.3 Å². The summed E-state index contributed by atoms with van der Waals surface area (Å²) in [5, 5.41) is 7.32. The summed E-state index contributed by atoms with van der Waals surface area (Å²) in [4.78, 5) is 16.7. The number of carbonyl (C=O) groups excluding carboxylic acids is 1. The Labute approximate surface area is 133 Å². The van der Waals surface area contributed by atoms with E-state index in [0.29, 0.717) is 6.54 Å². The van der Waals surface area contributed by atoms with Gasteiger partial charge in [0.2, 0.25) is 0 Å². The molecule has 0 saturated carbocycles. The average Bonchev–Trinajstić information content (AvgIpc) is 3.14. The molecule has 1 N–H and O–H groups in total. The van der Waals surface area contributed by atoms with Gasteiger partial charge in [-0.2, -0.15) is 11.3 Å². The van der Waals surface area contributed by atoms with E-state index in [9.17, 15) is 4.79 Å². The molecule has 0 bridgehead atoms. The second-order valence-electron chi connectivity index (χ2n) is 5.66. The molecule has 3 rings (SSSR count). The van der Waals surface area contributed by atoms with Crippen LogP contribution in [0.1, 0.15) is 38.1 Å². The van der Waals surface area contributed by atoms with Gasteiger partial charge in [0, 0.05) is 11.4 Å². The number of nitrogens with one attached hydrogen (secondary N) is 1. The van der Waals surface area contributed by atoms with Crippen LogP contribution in [0.3, 0.4) is 0 Å². The van der Waals surface area contributed by atoms with Crippen molar-refractivity contribution in [2.24, 2.45) is 0 Å². The van der Waals surface area contributed by atoms with Crippen molar-refractivity contribution in [1.82, 2.24) is 10.2 Å². The van der Waals surface area contributed by atoms with Crippen LogP contribution in [0.15, 0.2) is 22.9 Å². The predicted octanol–water partition coefficient (Wildman–Crippen LogP) is 3.33. The van der Waals surface area contributed by atoms with E-state index in [0.717, 1.165) is 17.7 Å². The number of carbonyl (C=O) groups is 1. The predicted molar refractivity (Wildman–Crippen MR) is 89.4 cm³/mol. The van der Waals surface area contributed by atoms with Crippen molar-refractivity contribution in [3.63, 3.8) is 0 Å². The Balaban J connectivity index is 1.64. The number of hydrogen-bond donors (Lipinski definition) is 1. The van der Waals surface area contributed by atoms with E-state index in [4.69, 9.17) is 0 Å². The standard InChI is InChI=1S/C16H20N2OS2/c1-18(2)13(12-6-7-20-10-12)9-17-16(19)15-8-11-4-3-5-14(11)21-15/h6-8,10,13H,3-5,9H2,1-2H3,(H,17,19)/t13-/m0/s1. The van der Waals surface area contributed by atoms with Crippen LogP contribution in [-0.4, -0.2) is 31.4 Å². The number of rotatable bonds is 5. The number of fused-ring (bicyclic) bond motifs is 1. The van der Waals surface area contributed by atoms with Crippen LogP contribution >= 0.6 is 22.7 Å². The van der Waals surface area contributed by atoms with Crippen molar-refractivity contribution < 1.29 is 4.79 Å². The molecule has 2 heterocycles. The van der Waals surface area contributed by atoms with Gasteiger partial charge in [-0.15, -0.1) is 11.3 Å². The maximum Gasteiger partial charge on any atom is 0.261 e. The zero-order valence-electron chi connectivity index (χ0n) is 12.4. The summed E-state index contributed by atoms with van der Waals surface area (Å²) in [5.74, 6) is 0.0662. The molecule has 1 amide bonds. The van der Waals surface area contributed by atoms with Gasteiger partial charge in [-0.25, -0.2) is 0 Å². The SMILES string of the molecule is CN(C)[C@@H](CNC(=O)c1cc2c(s1)CCC2)c1ccsc1. The quantitative estimate of drug-likeness (QED) is 0.916. The number of thiophene rings is 2. The molecule has 0 unspecified atom stereocenters. The lowest BCUT2D eigenvalue weighted by atomic mass is 10.1. The maximum atomic E-state index is 12.3. The third kappa shape index (κ3) is 3.20. The van der Waals surface area contributed by atoms with Crippen molar-refractivity contribution in [1.29, 1.82) is 0 Å². The summed E-state index contributed by atoms with van der Waals surface area (Å²) < 4.78 is 0. The van der Waals surface area contributed by atoms with Gasteiger partial charge in [0.15, 0.2) is 0 Å². The minimum atomic E-state index is 0.0662. The van der Waals surface area contributed by atoms with Crippen LogP contribution in [-0.2, 0) is 12.8 Å². The summed E-state index contributed by atoms with van der Waals surface area (Å²) in [5.41, 5.74) is 2.64. The molecule has 1 aliphatic carbocycles. The number of likely N-dealkylation sites (N-methyl/N-ethyl adjacent to an activating group) is 1. The molecule has 1 aliphatic rings. The fourth-order valence-electron chi connectivity index (χ4n) is 2.78. The highest BCUT2D eigenvalue weighted by Gasteiger charge is 2.20. The first-order chi connectivity index (χ1) is 10.1. The van der Waals surface area contributed by atoms with E-state index in [1.807, 2.05) is 14.1 Å². The lowest BCUT2D eigenvalue weighted by Gasteiger charge is -2.23. The van der Waals surface area contributed by atoms with Gasteiger partial charge in [0.1, 0.15) is 0 Å². The molecular formula is C16H20N2OS2. The zero-order chi connectivity index (χ0) is 14.8. The number of nitrogens with zero attached hydrogens (tertiary/aromatic N) is 1. The fraction of sp³-hybridized carbons (Fsp3) is 0.438. The van der Waals surface area contributed by atoms with Crippen LogP contribution in [0, 0.1) is 0 Å². The molecule has 0 radical (unpaired) electrons. The van der Waals surface area contributed by atoms with E-state index < -0.39 is 0 Å². The molecule has 21 heavy (non-hydrogen) atoms.